The molecule has 23 heavy (non-hydrogen) atoms. The van der Waals surface area contributed by atoms with Crippen molar-refractivity contribution >= 4 is 23.4 Å². The fraction of sp³-hybridized carbons (Fsp3) is 0.267. The molecular weight excluding hydrogens is 298 g/mol. The van der Waals surface area contributed by atoms with E-state index in [-0.39, 0.29) is 18.9 Å². The van der Waals surface area contributed by atoms with Gasteiger partial charge in [0.05, 0.1) is 0 Å². The Morgan fingerprint density at radius 2 is 1.83 bits per heavy atom. The monoisotopic (exact) mass is 315 g/mol. The first-order valence-corrected chi connectivity index (χ1v) is 7.18. The van der Waals surface area contributed by atoms with Gasteiger partial charge in [-0.15, -0.1) is 10.2 Å². The highest BCUT2D eigenvalue weighted by molar-refractivity contribution is 5.88. The lowest BCUT2D eigenvalue weighted by Crippen LogP contribution is -2.34. The minimum Gasteiger partial charge on any atom is -0.454 e. The van der Waals surface area contributed by atoms with Crippen LogP contribution in [0.15, 0.2) is 30.3 Å². The van der Waals surface area contributed by atoms with Crippen molar-refractivity contribution in [3.63, 3.8) is 0 Å². The summed E-state index contributed by atoms with van der Waals surface area (Å²) in [6, 6.07) is 8.64. The topological polar surface area (TPSA) is 97.4 Å². The Morgan fingerprint density at radius 1 is 1.09 bits per heavy atom. The molecule has 8 nitrogen and oxygen atoms in total. The summed E-state index contributed by atoms with van der Waals surface area (Å²) in [4.78, 5) is 11.6. The van der Waals surface area contributed by atoms with E-state index in [0.717, 1.165) is 11.4 Å². The number of aromatic nitrogens is 2. The number of amides is 2. The molecule has 0 aliphatic carbocycles. The lowest BCUT2D eigenvalue weighted by atomic mass is 10.3. The highest BCUT2D eigenvalue weighted by atomic mass is 16.7. The van der Waals surface area contributed by atoms with Gasteiger partial charge in [0.2, 0.25) is 6.79 Å². The van der Waals surface area contributed by atoms with E-state index in [1.54, 1.807) is 12.1 Å². The Bertz CT molecular complexity index is 703. The van der Waals surface area contributed by atoms with E-state index < -0.39 is 0 Å². The number of benzene rings is 1. The number of carbonyl (C=O) groups is 1. The van der Waals surface area contributed by atoms with Gasteiger partial charge in [-0.05, 0) is 38.1 Å². The zero-order valence-electron chi connectivity index (χ0n) is 12.8. The molecule has 1 aromatic carbocycles. The largest absolute Gasteiger partial charge is 0.454 e. The Balaban J connectivity index is 1.62. The molecule has 1 aromatic heterocycles. The van der Waals surface area contributed by atoms with Crippen molar-refractivity contribution in [1.82, 2.24) is 15.5 Å². The second kappa shape index (κ2) is 6.39. The third-order valence-corrected chi connectivity index (χ3v) is 2.97. The quantitative estimate of drug-likeness (QED) is 0.802. The number of carbonyl (C=O) groups excluding carboxylic acids is 1. The standard InChI is InChI=1S/C15H17N5O3/c1-9(2)16-15(21)18-14-6-5-13(19-20-14)17-10-3-4-11-12(7-10)23-8-22-11/h3-7,9H,8H2,1-2H3,(H,17,19)(H2,16,18,20,21). The molecule has 1 aliphatic rings. The highest BCUT2D eigenvalue weighted by Crippen LogP contribution is 2.34. The van der Waals surface area contributed by atoms with Gasteiger partial charge in [0.1, 0.15) is 0 Å². The first-order chi connectivity index (χ1) is 11.1. The molecule has 0 spiro atoms. The number of urea groups is 1. The average Bonchev–Trinajstić information content (AvgIpc) is 2.96. The van der Waals surface area contributed by atoms with Crippen LogP contribution >= 0.6 is 0 Å². The van der Waals surface area contributed by atoms with Crippen LogP contribution in [0.3, 0.4) is 0 Å². The third kappa shape index (κ3) is 3.79. The second-order valence-corrected chi connectivity index (χ2v) is 5.25. The van der Waals surface area contributed by atoms with E-state index in [4.69, 9.17) is 9.47 Å². The third-order valence-electron chi connectivity index (χ3n) is 2.97. The van der Waals surface area contributed by atoms with Crippen LogP contribution in [0.2, 0.25) is 0 Å². The maximum atomic E-state index is 11.6. The number of anilines is 3. The van der Waals surface area contributed by atoms with Crippen molar-refractivity contribution in [2.45, 2.75) is 19.9 Å². The van der Waals surface area contributed by atoms with E-state index >= 15 is 0 Å². The molecule has 0 saturated heterocycles. The molecule has 0 unspecified atom stereocenters. The molecule has 120 valence electrons. The molecule has 2 amide bonds. The van der Waals surface area contributed by atoms with Crippen LogP contribution in [0.5, 0.6) is 11.5 Å². The van der Waals surface area contributed by atoms with Gasteiger partial charge in [-0.25, -0.2) is 4.79 Å². The highest BCUT2D eigenvalue weighted by Gasteiger charge is 2.13. The molecule has 3 N–H and O–H groups in total. The van der Waals surface area contributed by atoms with Gasteiger partial charge in [0.15, 0.2) is 23.1 Å². The van der Waals surface area contributed by atoms with E-state index in [1.165, 1.54) is 0 Å². The first kappa shape index (κ1) is 14.9. The van der Waals surface area contributed by atoms with Gasteiger partial charge in [-0.1, -0.05) is 0 Å². The number of ether oxygens (including phenoxy) is 2. The van der Waals surface area contributed by atoms with Crippen LogP contribution in [-0.4, -0.2) is 29.1 Å². The van der Waals surface area contributed by atoms with Gasteiger partial charge in [0, 0.05) is 17.8 Å². The SMILES string of the molecule is CC(C)NC(=O)Nc1ccc(Nc2ccc3c(c2)OCO3)nn1. The predicted molar refractivity (Wildman–Crippen MR) is 85.2 cm³/mol. The summed E-state index contributed by atoms with van der Waals surface area (Å²) in [5.74, 6) is 2.34. The van der Waals surface area contributed by atoms with Crippen LogP contribution in [0.25, 0.3) is 0 Å². The van der Waals surface area contributed by atoms with Crippen LogP contribution in [-0.2, 0) is 0 Å². The molecule has 2 heterocycles. The summed E-state index contributed by atoms with van der Waals surface area (Å²) in [5.41, 5.74) is 0.807. The molecule has 0 bridgehead atoms. The van der Waals surface area contributed by atoms with Crippen LogP contribution in [0, 0.1) is 0 Å². The number of hydrogen-bond acceptors (Lipinski definition) is 6. The van der Waals surface area contributed by atoms with Crippen molar-refractivity contribution in [2.75, 3.05) is 17.4 Å². The summed E-state index contributed by atoms with van der Waals surface area (Å²) >= 11 is 0. The molecule has 0 saturated carbocycles. The maximum Gasteiger partial charge on any atom is 0.320 e. The summed E-state index contributed by atoms with van der Waals surface area (Å²) in [5, 5.41) is 16.4. The van der Waals surface area contributed by atoms with Crippen molar-refractivity contribution < 1.29 is 14.3 Å². The van der Waals surface area contributed by atoms with Crippen molar-refractivity contribution in [3.05, 3.63) is 30.3 Å². The number of nitrogens with zero attached hydrogens (tertiary/aromatic N) is 2. The first-order valence-electron chi connectivity index (χ1n) is 7.18. The summed E-state index contributed by atoms with van der Waals surface area (Å²) < 4.78 is 10.6. The minimum absolute atomic E-state index is 0.0508. The zero-order valence-corrected chi connectivity index (χ0v) is 12.8. The van der Waals surface area contributed by atoms with Crippen LogP contribution in [0.1, 0.15) is 13.8 Å². The number of nitrogens with one attached hydrogen (secondary N) is 3. The van der Waals surface area contributed by atoms with Gasteiger partial charge in [-0.3, -0.25) is 5.32 Å². The molecule has 1 aliphatic heterocycles. The average molecular weight is 315 g/mol. The molecule has 3 rings (SSSR count). The van der Waals surface area contributed by atoms with E-state index in [2.05, 4.69) is 26.1 Å². The fourth-order valence-corrected chi connectivity index (χ4v) is 2.00. The maximum absolute atomic E-state index is 11.6. The van der Waals surface area contributed by atoms with E-state index in [1.807, 2.05) is 32.0 Å². The normalized spacial score (nSPS) is 12.1. The Morgan fingerprint density at radius 3 is 2.57 bits per heavy atom. The molecule has 0 fully saturated rings. The van der Waals surface area contributed by atoms with Gasteiger partial charge < -0.3 is 20.1 Å². The molecule has 0 radical (unpaired) electrons. The smallest absolute Gasteiger partial charge is 0.320 e. The predicted octanol–water partition coefficient (Wildman–Crippen LogP) is 2.48. The number of rotatable bonds is 4. The van der Waals surface area contributed by atoms with Gasteiger partial charge in [0.25, 0.3) is 0 Å². The van der Waals surface area contributed by atoms with Crippen LogP contribution in [0.4, 0.5) is 22.1 Å². The summed E-state index contributed by atoms with van der Waals surface area (Å²) in [6.45, 7) is 3.99. The second-order valence-electron chi connectivity index (χ2n) is 5.25. The molecular formula is C15H17N5O3. The van der Waals surface area contributed by atoms with Crippen molar-refractivity contribution in [1.29, 1.82) is 0 Å². The Hall–Kier alpha value is -3.03. The lowest BCUT2D eigenvalue weighted by Gasteiger charge is -2.10. The number of hydrogen-bond donors (Lipinski definition) is 3. The lowest BCUT2D eigenvalue weighted by molar-refractivity contribution is 0.174. The fourth-order valence-electron chi connectivity index (χ4n) is 2.00. The van der Waals surface area contributed by atoms with Gasteiger partial charge in [-0.2, -0.15) is 0 Å². The van der Waals surface area contributed by atoms with E-state index in [0.29, 0.717) is 17.4 Å². The van der Waals surface area contributed by atoms with Gasteiger partial charge >= 0.3 is 6.03 Å². The zero-order chi connectivity index (χ0) is 16.2. The number of fused-ring (bicyclic) bond motifs is 1. The summed E-state index contributed by atoms with van der Waals surface area (Å²) in [7, 11) is 0. The Kier molecular flexibility index (Phi) is 4.13. The molecule has 0 atom stereocenters. The molecule has 8 heteroatoms. The van der Waals surface area contributed by atoms with Crippen molar-refractivity contribution in [2.24, 2.45) is 0 Å². The minimum atomic E-state index is -0.314. The van der Waals surface area contributed by atoms with Crippen molar-refractivity contribution in [3.8, 4) is 11.5 Å². The Labute approximate surface area is 133 Å². The summed E-state index contributed by atoms with van der Waals surface area (Å²) in [6.07, 6.45) is 0. The van der Waals surface area contributed by atoms with E-state index in [9.17, 15) is 4.79 Å². The van der Waals surface area contributed by atoms with Crippen LogP contribution < -0.4 is 25.4 Å². The molecule has 2 aromatic rings.